The number of hydrogen-bond acceptors (Lipinski definition) is 3. The number of esters is 1. The van der Waals surface area contributed by atoms with Crippen molar-refractivity contribution >= 4 is 45.4 Å². The normalized spacial score (nSPS) is 11.1. The molecule has 0 N–H and O–H groups in total. The molecular formula is C26H23O2PS. The Balaban J connectivity index is 2.28. The molecule has 0 aliphatic rings. The third kappa shape index (κ3) is 3.67. The molecule has 0 spiro atoms. The Morgan fingerprint density at radius 1 is 0.767 bits per heavy atom. The van der Waals surface area contributed by atoms with E-state index >= 15 is 0 Å². The van der Waals surface area contributed by atoms with Gasteiger partial charge in [0.25, 0.3) is 0 Å². The molecule has 0 aliphatic heterocycles. The zero-order valence-electron chi connectivity index (χ0n) is 16.8. The van der Waals surface area contributed by atoms with Gasteiger partial charge >= 0.3 is 5.97 Å². The fourth-order valence-electron chi connectivity index (χ4n) is 3.84. The van der Waals surface area contributed by atoms with Crippen LogP contribution in [0.3, 0.4) is 0 Å². The van der Waals surface area contributed by atoms with Gasteiger partial charge in [-0.15, -0.1) is 0 Å². The van der Waals surface area contributed by atoms with Crippen molar-refractivity contribution in [2.24, 2.45) is 0 Å². The maximum absolute atomic E-state index is 13.6. The highest BCUT2D eigenvalue weighted by atomic mass is 32.1. The number of hydrogen-bond donors (Lipinski definition) is 0. The smallest absolute Gasteiger partial charge is 0.339 e. The van der Waals surface area contributed by atoms with Crippen LogP contribution < -0.4 is 15.9 Å². The molecule has 3 aromatic carbocycles. The second kappa shape index (κ2) is 9.30. The van der Waals surface area contributed by atoms with Crippen molar-refractivity contribution in [2.45, 2.75) is 6.92 Å². The lowest BCUT2D eigenvalue weighted by Crippen LogP contribution is -2.34. The second-order valence-electron chi connectivity index (χ2n) is 6.76. The number of rotatable bonds is 6. The first-order valence-corrected chi connectivity index (χ1v) is 12.6. The summed E-state index contributed by atoms with van der Waals surface area (Å²) in [4.78, 5) is 13.6. The number of ether oxygens (including phenoxy) is 1. The molecule has 2 nitrogen and oxygen atoms in total. The van der Waals surface area contributed by atoms with Gasteiger partial charge in [-0.3, -0.25) is 0 Å². The lowest BCUT2D eigenvalue weighted by atomic mass is 10.2. The Hall–Kier alpha value is -2.87. The minimum absolute atomic E-state index is 0.249. The summed E-state index contributed by atoms with van der Waals surface area (Å²) in [6, 6.07) is 33.2. The fraction of sp³-hybridized carbons (Fsp3) is 0.0769. The number of thiophene rings is 1. The van der Waals surface area contributed by atoms with Crippen molar-refractivity contribution in [1.82, 2.24) is 0 Å². The zero-order valence-corrected chi connectivity index (χ0v) is 18.5. The summed E-state index contributed by atoms with van der Waals surface area (Å²) in [5.74, 6) is -0.249. The molecule has 0 radical (unpaired) electrons. The molecule has 4 aromatic rings. The van der Waals surface area contributed by atoms with Gasteiger partial charge in [-0.05, 0) is 46.5 Å². The molecule has 0 bridgehead atoms. The van der Waals surface area contributed by atoms with E-state index < -0.39 is 6.89 Å². The highest BCUT2D eigenvalue weighted by molar-refractivity contribution is 7.96. The molecule has 1 aromatic heterocycles. The van der Waals surface area contributed by atoms with Crippen LogP contribution in [0.1, 0.15) is 12.5 Å². The average Bonchev–Trinajstić information content (AvgIpc) is 3.33. The van der Waals surface area contributed by atoms with Crippen LogP contribution in [0.25, 0.3) is 0 Å². The van der Waals surface area contributed by atoms with Crippen LogP contribution in [0.5, 0.6) is 0 Å². The Morgan fingerprint density at radius 3 is 1.60 bits per heavy atom. The standard InChI is InChI=1S/C26H23O2PS/c1-2-28-26(27)25(21-18-19-30-20-21)29(22-12-6-3-7-13-22,23-14-8-4-9-15-23)24-16-10-5-11-17-24/h3-20H,2H2,1H3. The van der Waals surface area contributed by atoms with E-state index in [1.165, 1.54) is 0 Å². The minimum atomic E-state index is -2.49. The molecule has 4 heteroatoms. The predicted molar refractivity (Wildman–Crippen MR) is 130 cm³/mol. The van der Waals surface area contributed by atoms with Gasteiger partial charge in [-0.2, -0.15) is 11.3 Å². The number of carbonyl (C=O) groups excluding carboxylic acids is 1. The summed E-state index contributed by atoms with van der Waals surface area (Å²) in [6.45, 7) is -0.293. The SMILES string of the molecule is CCOC(=O)C(c1ccsc1)=P(c1ccccc1)(c1ccccc1)c1ccccc1. The second-order valence-corrected chi connectivity index (χ2v) is 10.9. The van der Waals surface area contributed by atoms with Gasteiger partial charge in [0.15, 0.2) is 0 Å². The fourth-order valence-corrected chi connectivity index (χ4v) is 8.96. The molecule has 0 aliphatic carbocycles. The Labute approximate surface area is 181 Å². The van der Waals surface area contributed by atoms with Crippen LogP contribution in [0.2, 0.25) is 0 Å². The summed E-state index contributed by atoms with van der Waals surface area (Å²) in [7, 11) is 0. The van der Waals surface area contributed by atoms with Gasteiger partial charge < -0.3 is 4.74 Å². The van der Waals surface area contributed by atoms with Gasteiger partial charge in [-0.1, -0.05) is 91.0 Å². The van der Waals surface area contributed by atoms with E-state index in [-0.39, 0.29) is 5.97 Å². The average molecular weight is 431 g/mol. The number of carbonyl (C=O) groups is 1. The van der Waals surface area contributed by atoms with Crippen molar-refractivity contribution in [3.8, 4) is 0 Å². The topological polar surface area (TPSA) is 26.3 Å². The van der Waals surface area contributed by atoms with E-state index in [4.69, 9.17) is 4.74 Å². The Morgan fingerprint density at radius 2 is 1.23 bits per heavy atom. The first-order chi connectivity index (χ1) is 14.8. The molecule has 0 saturated heterocycles. The van der Waals surface area contributed by atoms with E-state index in [9.17, 15) is 4.79 Å². The summed E-state index contributed by atoms with van der Waals surface area (Å²) < 4.78 is 5.65. The van der Waals surface area contributed by atoms with Gasteiger partial charge in [0.1, 0.15) is 0 Å². The van der Waals surface area contributed by atoms with Crippen molar-refractivity contribution in [3.05, 3.63) is 113 Å². The lowest BCUT2D eigenvalue weighted by molar-refractivity contribution is -0.134. The van der Waals surface area contributed by atoms with Crippen LogP contribution in [-0.4, -0.2) is 17.9 Å². The highest BCUT2D eigenvalue weighted by Gasteiger charge is 2.34. The molecular weight excluding hydrogens is 407 g/mol. The summed E-state index contributed by atoms with van der Waals surface area (Å²) in [5, 5.41) is 8.22. The van der Waals surface area contributed by atoms with Gasteiger partial charge in [-0.25, -0.2) is 4.79 Å². The monoisotopic (exact) mass is 430 g/mol. The predicted octanol–water partition coefficient (Wildman–Crippen LogP) is 4.83. The van der Waals surface area contributed by atoms with Gasteiger partial charge in [0.2, 0.25) is 0 Å². The van der Waals surface area contributed by atoms with Crippen molar-refractivity contribution in [3.63, 3.8) is 0 Å². The molecule has 0 unspecified atom stereocenters. The van der Waals surface area contributed by atoms with Crippen LogP contribution in [-0.2, 0) is 9.53 Å². The molecule has 0 fully saturated rings. The van der Waals surface area contributed by atoms with Crippen molar-refractivity contribution < 1.29 is 9.53 Å². The van der Waals surface area contributed by atoms with Gasteiger partial charge in [0, 0.05) is 5.56 Å². The quantitative estimate of drug-likeness (QED) is 0.324. The van der Waals surface area contributed by atoms with E-state index in [1.54, 1.807) is 11.3 Å². The highest BCUT2D eigenvalue weighted by Crippen LogP contribution is 2.48. The van der Waals surface area contributed by atoms with Crippen LogP contribution in [0, 0.1) is 0 Å². The molecule has 4 rings (SSSR count). The zero-order chi connectivity index (χ0) is 20.8. The third-order valence-corrected chi connectivity index (χ3v) is 10.0. The van der Waals surface area contributed by atoms with Crippen molar-refractivity contribution in [1.29, 1.82) is 0 Å². The largest absolute Gasteiger partial charge is 0.462 e. The Kier molecular flexibility index (Phi) is 6.32. The minimum Gasteiger partial charge on any atom is -0.462 e. The molecule has 1 heterocycles. The molecule has 0 atom stereocenters. The summed E-state index contributed by atoms with van der Waals surface area (Å²) in [5.41, 5.74) is 0.934. The van der Waals surface area contributed by atoms with E-state index in [0.717, 1.165) is 26.8 Å². The summed E-state index contributed by atoms with van der Waals surface area (Å²) in [6.07, 6.45) is 0. The first-order valence-electron chi connectivity index (χ1n) is 9.91. The number of benzene rings is 3. The lowest BCUT2D eigenvalue weighted by Gasteiger charge is -2.32. The van der Waals surface area contributed by atoms with Crippen LogP contribution >= 0.6 is 18.2 Å². The summed E-state index contributed by atoms with van der Waals surface area (Å²) >= 11 is 1.59. The third-order valence-electron chi connectivity index (χ3n) is 5.03. The molecule has 0 saturated carbocycles. The molecule has 0 amide bonds. The van der Waals surface area contributed by atoms with Crippen LogP contribution in [0.4, 0.5) is 0 Å². The Bertz CT molecular complexity index is 1050. The van der Waals surface area contributed by atoms with E-state index in [0.29, 0.717) is 6.61 Å². The molecule has 30 heavy (non-hydrogen) atoms. The first kappa shape index (κ1) is 20.4. The maximum Gasteiger partial charge on any atom is 0.339 e. The molecule has 150 valence electrons. The van der Waals surface area contributed by atoms with Crippen molar-refractivity contribution in [2.75, 3.05) is 6.61 Å². The van der Waals surface area contributed by atoms with E-state index in [1.807, 2.05) is 73.0 Å². The van der Waals surface area contributed by atoms with Gasteiger partial charge in [0.05, 0.1) is 11.9 Å². The maximum atomic E-state index is 13.6. The van der Waals surface area contributed by atoms with Crippen LogP contribution in [0.15, 0.2) is 108 Å². The van der Waals surface area contributed by atoms with E-state index in [2.05, 4.69) is 41.8 Å².